The minimum Gasteiger partial charge on any atom is -0.483 e. The van der Waals surface area contributed by atoms with Crippen LogP contribution in [-0.2, 0) is 5.54 Å². The standard InChI is InChI=1S/C24H27N5O4/c1-23(2,3)29-13-19-20(27-29)18(30)12-24(33-19)6-8-28(9-7-24)22(32)15-5-4-14-10-17(21(25)31)26-16(14)11-15/h4-5,10-11,13,26H,6-9,12H2,1-3H3,(H2,25,31). The molecule has 9 heteroatoms. The zero-order valence-electron chi connectivity index (χ0n) is 19.0. The lowest BCUT2D eigenvalue weighted by Crippen LogP contribution is -2.52. The molecule has 1 spiro atoms. The highest BCUT2D eigenvalue weighted by Crippen LogP contribution is 2.40. The number of ketones is 1. The second-order valence-corrected chi connectivity index (χ2v) is 9.98. The van der Waals surface area contributed by atoms with E-state index in [0.29, 0.717) is 54.1 Å². The zero-order valence-corrected chi connectivity index (χ0v) is 19.0. The largest absolute Gasteiger partial charge is 0.483 e. The van der Waals surface area contributed by atoms with Crippen molar-refractivity contribution in [3.63, 3.8) is 0 Å². The van der Waals surface area contributed by atoms with Crippen molar-refractivity contribution in [1.29, 1.82) is 0 Å². The SMILES string of the molecule is CC(C)(C)n1cc2c(n1)C(=O)CC1(CCN(C(=O)c3ccc4cc(C(N)=O)[nH]c4c3)CC1)O2. The lowest BCUT2D eigenvalue weighted by molar-refractivity contribution is -0.00586. The predicted octanol–water partition coefficient (Wildman–Crippen LogP) is 2.86. The van der Waals surface area contributed by atoms with E-state index in [1.807, 2.05) is 20.8 Å². The molecular weight excluding hydrogens is 422 g/mol. The summed E-state index contributed by atoms with van der Waals surface area (Å²) in [5.74, 6) is -0.117. The summed E-state index contributed by atoms with van der Waals surface area (Å²) in [7, 11) is 0. The first-order valence-electron chi connectivity index (χ1n) is 11.1. The lowest BCUT2D eigenvalue weighted by Gasteiger charge is -2.43. The summed E-state index contributed by atoms with van der Waals surface area (Å²) in [5.41, 5.74) is 6.40. The molecule has 1 aromatic carbocycles. The van der Waals surface area contributed by atoms with E-state index in [1.54, 1.807) is 40.0 Å². The number of benzene rings is 1. The van der Waals surface area contributed by atoms with Gasteiger partial charge in [0.1, 0.15) is 11.3 Å². The number of hydrogen-bond donors (Lipinski definition) is 2. The molecule has 0 radical (unpaired) electrons. The number of amides is 2. The van der Waals surface area contributed by atoms with Crippen molar-refractivity contribution >= 4 is 28.5 Å². The molecule has 5 rings (SSSR count). The summed E-state index contributed by atoms with van der Waals surface area (Å²) >= 11 is 0. The third-order valence-corrected chi connectivity index (χ3v) is 6.54. The van der Waals surface area contributed by atoms with Crippen molar-refractivity contribution in [2.75, 3.05) is 13.1 Å². The number of nitrogens with two attached hydrogens (primary N) is 1. The molecule has 4 heterocycles. The maximum Gasteiger partial charge on any atom is 0.265 e. The number of piperidine rings is 1. The number of fused-ring (bicyclic) bond motifs is 2. The molecule has 0 saturated carbocycles. The number of H-pyrrole nitrogens is 1. The maximum absolute atomic E-state index is 13.1. The average Bonchev–Trinajstić information content (AvgIpc) is 3.37. The zero-order chi connectivity index (χ0) is 23.5. The molecule has 2 amide bonds. The van der Waals surface area contributed by atoms with Crippen molar-refractivity contribution in [2.45, 2.75) is 51.2 Å². The third-order valence-electron chi connectivity index (χ3n) is 6.54. The number of primary amides is 1. The third kappa shape index (κ3) is 3.67. The second-order valence-electron chi connectivity index (χ2n) is 9.98. The van der Waals surface area contributed by atoms with E-state index in [9.17, 15) is 14.4 Å². The number of nitrogens with zero attached hydrogens (tertiary/aromatic N) is 3. The highest BCUT2D eigenvalue weighted by atomic mass is 16.5. The molecule has 3 N–H and O–H groups in total. The van der Waals surface area contributed by atoms with E-state index >= 15 is 0 Å². The number of carbonyl (C=O) groups is 3. The Morgan fingerprint density at radius 2 is 1.91 bits per heavy atom. The Balaban J connectivity index is 1.31. The number of hydrogen-bond acceptors (Lipinski definition) is 5. The monoisotopic (exact) mass is 449 g/mol. The molecule has 0 bridgehead atoms. The summed E-state index contributed by atoms with van der Waals surface area (Å²) in [5, 5.41) is 5.27. The van der Waals surface area contributed by atoms with Gasteiger partial charge in [-0.2, -0.15) is 5.10 Å². The topological polar surface area (TPSA) is 123 Å². The van der Waals surface area contributed by atoms with Crippen LogP contribution < -0.4 is 10.5 Å². The predicted molar refractivity (Wildman–Crippen MR) is 121 cm³/mol. The summed E-state index contributed by atoms with van der Waals surface area (Å²) in [6, 6.07) is 6.96. The van der Waals surface area contributed by atoms with Gasteiger partial charge in [0.25, 0.3) is 11.8 Å². The van der Waals surface area contributed by atoms with E-state index in [4.69, 9.17) is 10.5 Å². The number of aromatic amines is 1. The Morgan fingerprint density at radius 3 is 2.58 bits per heavy atom. The number of ether oxygens (including phenoxy) is 1. The van der Waals surface area contributed by atoms with Crippen LogP contribution in [-0.4, -0.2) is 56.0 Å². The molecule has 1 fully saturated rings. The minimum atomic E-state index is -0.605. The molecule has 0 atom stereocenters. The van der Waals surface area contributed by atoms with Gasteiger partial charge < -0.3 is 20.4 Å². The number of likely N-dealkylation sites (tertiary alicyclic amines) is 1. The molecule has 33 heavy (non-hydrogen) atoms. The van der Waals surface area contributed by atoms with E-state index in [2.05, 4.69) is 10.1 Å². The van der Waals surface area contributed by atoms with Crippen LogP contribution in [0.3, 0.4) is 0 Å². The van der Waals surface area contributed by atoms with Gasteiger partial charge in [0.15, 0.2) is 17.2 Å². The molecule has 3 aromatic rings. The van der Waals surface area contributed by atoms with Gasteiger partial charge in [-0.05, 0) is 39.0 Å². The van der Waals surface area contributed by atoms with Gasteiger partial charge in [0, 0.05) is 42.4 Å². The van der Waals surface area contributed by atoms with Crippen LogP contribution in [0.25, 0.3) is 10.9 Å². The van der Waals surface area contributed by atoms with Crippen LogP contribution in [0.4, 0.5) is 0 Å². The van der Waals surface area contributed by atoms with Gasteiger partial charge >= 0.3 is 0 Å². The quantitative estimate of drug-likeness (QED) is 0.623. The van der Waals surface area contributed by atoms with Gasteiger partial charge in [-0.25, -0.2) is 0 Å². The molecule has 2 aliphatic rings. The molecule has 2 aromatic heterocycles. The highest BCUT2D eigenvalue weighted by Gasteiger charge is 2.45. The van der Waals surface area contributed by atoms with E-state index < -0.39 is 11.5 Å². The Bertz CT molecular complexity index is 1290. The van der Waals surface area contributed by atoms with Crippen LogP contribution in [0.5, 0.6) is 5.75 Å². The molecular formula is C24H27N5O4. The van der Waals surface area contributed by atoms with Crippen molar-refractivity contribution in [1.82, 2.24) is 19.7 Å². The number of rotatable bonds is 2. The Hall–Kier alpha value is -3.62. The van der Waals surface area contributed by atoms with Gasteiger partial charge in [0.2, 0.25) is 0 Å². The van der Waals surface area contributed by atoms with E-state index in [-0.39, 0.29) is 23.7 Å². The summed E-state index contributed by atoms with van der Waals surface area (Å²) in [4.78, 5) is 42.1. The molecule has 1 saturated heterocycles. The second kappa shape index (κ2) is 7.19. The first-order valence-corrected chi connectivity index (χ1v) is 11.1. The van der Waals surface area contributed by atoms with Crippen LogP contribution in [0.15, 0.2) is 30.5 Å². The molecule has 172 valence electrons. The van der Waals surface area contributed by atoms with Gasteiger partial charge in [-0.1, -0.05) is 6.07 Å². The summed E-state index contributed by atoms with van der Waals surface area (Å²) in [6.45, 7) is 7.05. The van der Waals surface area contributed by atoms with Crippen LogP contribution in [0.1, 0.15) is 71.4 Å². The minimum absolute atomic E-state index is 0.0125. The fourth-order valence-corrected chi connectivity index (χ4v) is 4.59. The average molecular weight is 450 g/mol. The number of nitrogens with one attached hydrogen (secondary N) is 1. The van der Waals surface area contributed by atoms with Crippen molar-refractivity contribution in [2.24, 2.45) is 5.73 Å². The Labute approximate surface area is 190 Å². The number of aromatic nitrogens is 3. The molecule has 0 unspecified atom stereocenters. The first kappa shape index (κ1) is 21.2. The Morgan fingerprint density at radius 1 is 1.18 bits per heavy atom. The number of Topliss-reactive ketones (excluding diaryl/α,β-unsaturated/α-hetero) is 1. The van der Waals surface area contributed by atoms with Crippen LogP contribution in [0.2, 0.25) is 0 Å². The van der Waals surface area contributed by atoms with E-state index in [1.165, 1.54) is 0 Å². The van der Waals surface area contributed by atoms with Crippen molar-refractivity contribution < 1.29 is 19.1 Å². The van der Waals surface area contributed by atoms with Gasteiger partial charge in [-0.3, -0.25) is 19.1 Å². The normalized spacial score (nSPS) is 17.8. The summed E-state index contributed by atoms with van der Waals surface area (Å²) < 4.78 is 8.10. The van der Waals surface area contributed by atoms with Gasteiger partial charge in [-0.15, -0.1) is 0 Å². The maximum atomic E-state index is 13.1. The van der Waals surface area contributed by atoms with E-state index in [0.717, 1.165) is 5.39 Å². The number of carbonyl (C=O) groups excluding carboxylic acids is 3. The first-order chi connectivity index (χ1) is 15.5. The molecule has 2 aliphatic heterocycles. The highest BCUT2D eigenvalue weighted by molar-refractivity contribution is 6.01. The van der Waals surface area contributed by atoms with Crippen LogP contribution >= 0.6 is 0 Å². The van der Waals surface area contributed by atoms with Crippen molar-refractivity contribution in [3.05, 3.63) is 47.4 Å². The fourth-order valence-electron chi connectivity index (χ4n) is 4.59. The van der Waals surface area contributed by atoms with Crippen molar-refractivity contribution in [3.8, 4) is 5.75 Å². The molecule has 9 nitrogen and oxygen atoms in total. The molecule has 0 aliphatic carbocycles. The smallest absolute Gasteiger partial charge is 0.265 e. The van der Waals surface area contributed by atoms with Gasteiger partial charge in [0.05, 0.1) is 18.2 Å². The Kier molecular flexibility index (Phi) is 4.63. The lowest BCUT2D eigenvalue weighted by atomic mass is 9.83. The fraction of sp³-hybridized carbons (Fsp3) is 0.417. The van der Waals surface area contributed by atoms with Crippen LogP contribution in [0, 0.1) is 0 Å². The summed E-state index contributed by atoms with van der Waals surface area (Å²) in [6.07, 6.45) is 3.22.